The average Bonchev–Trinajstić information content (AvgIpc) is 2.91. The zero-order chi connectivity index (χ0) is 27.1. The SMILES string of the molecule is CCCCCCCCC[Si](OCCCCCCCC)(OCCCCCCCC)OCCCCCCCC. The molecule has 0 aliphatic carbocycles. The summed E-state index contributed by atoms with van der Waals surface area (Å²) < 4.78 is 20.0. The van der Waals surface area contributed by atoms with Gasteiger partial charge in [-0.2, -0.15) is 0 Å². The Morgan fingerprint density at radius 2 is 0.541 bits per heavy atom. The molecule has 4 heteroatoms. The molecule has 0 unspecified atom stereocenters. The van der Waals surface area contributed by atoms with Crippen LogP contribution >= 0.6 is 0 Å². The molecule has 0 atom stereocenters. The quantitative estimate of drug-likeness (QED) is 0.0624. The lowest BCUT2D eigenvalue weighted by Gasteiger charge is -2.30. The largest absolute Gasteiger partial charge is 0.500 e. The minimum absolute atomic E-state index is 0.821. The molecule has 0 aliphatic heterocycles. The molecule has 0 aliphatic rings. The van der Waals surface area contributed by atoms with Crippen molar-refractivity contribution in [2.75, 3.05) is 19.8 Å². The van der Waals surface area contributed by atoms with Gasteiger partial charge in [-0.05, 0) is 25.7 Å². The van der Waals surface area contributed by atoms with Crippen LogP contribution in [0.15, 0.2) is 0 Å². The van der Waals surface area contributed by atoms with E-state index in [0.29, 0.717) is 0 Å². The highest BCUT2D eigenvalue weighted by Crippen LogP contribution is 2.23. The van der Waals surface area contributed by atoms with E-state index in [1.807, 2.05) is 0 Å². The van der Waals surface area contributed by atoms with Gasteiger partial charge in [0.2, 0.25) is 0 Å². The van der Waals surface area contributed by atoms with Crippen molar-refractivity contribution < 1.29 is 13.3 Å². The second-order valence-electron chi connectivity index (χ2n) is 11.4. The standard InChI is InChI=1S/C33H70O3Si/c1-5-9-13-17-21-25-29-33-37(34-30-26-22-18-14-10-6-2,35-31-27-23-19-15-11-7-3)36-32-28-24-20-16-12-8-4/h5-33H2,1-4H3. The third-order valence-corrected chi connectivity index (χ3v) is 10.4. The Morgan fingerprint density at radius 1 is 0.297 bits per heavy atom. The highest BCUT2D eigenvalue weighted by molar-refractivity contribution is 6.60. The summed E-state index contributed by atoms with van der Waals surface area (Å²) in [7, 11) is -2.60. The van der Waals surface area contributed by atoms with Crippen LogP contribution in [0.3, 0.4) is 0 Å². The maximum absolute atomic E-state index is 6.67. The molecular formula is C33H70O3Si. The Hall–Kier alpha value is 0.0969. The lowest BCUT2D eigenvalue weighted by Crippen LogP contribution is -2.46. The predicted octanol–water partition coefficient (Wildman–Crippen LogP) is 11.8. The van der Waals surface area contributed by atoms with Crippen LogP contribution in [0.25, 0.3) is 0 Å². The van der Waals surface area contributed by atoms with E-state index in [4.69, 9.17) is 13.3 Å². The molecule has 0 spiro atoms. The molecule has 3 nitrogen and oxygen atoms in total. The van der Waals surface area contributed by atoms with E-state index in [1.165, 1.54) is 141 Å². The smallest absolute Gasteiger partial charge is 0.373 e. The lowest BCUT2D eigenvalue weighted by molar-refractivity contribution is 0.0546. The van der Waals surface area contributed by atoms with Crippen molar-refractivity contribution in [3.63, 3.8) is 0 Å². The van der Waals surface area contributed by atoms with Gasteiger partial charge in [0, 0.05) is 25.9 Å². The summed E-state index contributed by atoms with van der Waals surface area (Å²) >= 11 is 0. The summed E-state index contributed by atoms with van der Waals surface area (Å²) in [5.74, 6) is 0. The van der Waals surface area contributed by atoms with Crippen LogP contribution < -0.4 is 0 Å². The first-order valence-corrected chi connectivity index (χ1v) is 19.1. The second kappa shape index (κ2) is 30.6. The van der Waals surface area contributed by atoms with Crippen LogP contribution in [-0.2, 0) is 13.3 Å². The molecule has 0 aromatic carbocycles. The Kier molecular flexibility index (Phi) is 30.7. The van der Waals surface area contributed by atoms with Crippen LogP contribution in [0, 0.1) is 0 Å². The van der Waals surface area contributed by atoms with Crippen LogP contribution in [0.4, 0.5) is 0 Å². The highest BCUT2D eigenvalue weighted by atomic mass is 28.4. The van der Waals surface area contributed by atoms with E-state index in [1.54, 1.807) is 0 Å². The van der Waals surface area contributed by atoms with Gasteiger partial charge in [0.1, 0.15) is 0 Å². The van der Waals surface area contributed by atoms with Crippen molar-refractivity contribution in [3.8, 4) is 0 Å². The highest BCUT2D eigenvalue weighted by Gasteiger charge is 2.40. The maximum atomic E-state index is 6.67. The van der Waals surface area contributed by atoms with Gasteiger partial charge >= 0.3 is 8.80 Å². The van der Waals surface area contributed by atoms with Crippen molar-refractivity contribution in [1.29, 1.82) is 0 Å². The zero-order valence-corrected chi connectivity index (χ0v) is 27.2. The van der Waals surface area contributed by atoms with Gasteiger partial charge in [0.15, 0.2) is 0 Å². The molecule has 0 bridgehead atoms. The van der Waals surface area contributed by atoms with Crippen LogP contribution in [0.5, 0.6) is 0 Å². The predicted molar refractivity (Wildman–Crippen MR) is 167 cm³/mol. The number of unbranched alkanes of at least 4 members (excludes halogenated alkanes) is 21. The fourth-order valence-electron chi connectivity index (χ4n) is 4.97. The molecule has 0 aromatic heterocycles. The third-order valence-electron chi connectivity index (χ3n) is 7.55. The van der Waals surface area contributed by atoms with Gasteiger partial charge in [-0.25, -0.2) is 0 Å². The Labute approximate surface area is 236 Å². The molecule has 0 saturated heterocycles. The normalized spacial score (nSPS) is 12.0. The summed E-state index contributed by atoms with van der Waals surface area (Å²) in [6.07, 6.45) is 32.7. The van der Waals surface area contributed by atoms with Gasteiger partial charge in [-0.3, -0.25) is 0 Å². The number of hydrogen-bond acceptors (Lipinski definition) is 3. The fraction of sp³-hybridized carbons (Fsp3) is 1.00. The van der Waals surface area contributed by atoms with Gasteiger partial charge in [-0.15, -0.1) is 0 Å². The monoisotopic (exact) mass is 543 g/mol. The lowest BCUT2D eigenvalue weighted by atomic mass is 10.1. The van der Waals surface area contributed by atoms with Crippen LogP contribution in [-0.4, -0.2) is 28.6 Å². The third kappa shape index (κ3) is 26.1. The first-order chi connectivity index (χ1) is 18.2. The van der Waals surface area contributed by atoms with Crippen LogP contribution in [0.2, 0.25) is 6.04 Å². The number of hydrogen-bond donors (Lipinski definition) is 0. The van der Waals surface area contributed by atoms with Crippen molar-refractivity contribution in [2.24, 2.45) is 0 Å². The minimum Gasteiger partial charge on any atom is -0.373 e. The molecule has 0 N–H and O–H groups in total. The molecule has 0 aromatic rings. The summed E-state index contributed by atoms with van der Waals surface area (Å²) in [6, 6.07) is 1.02. The molecule has 224 valence electrons. The minimum atomic E-state index is -2.60. The Bertz CT molecular complexity index is 341. The van der Waals surface area contributed by atoms with E-state index < -0.39 is 8.80 Å². The van der Waals surface area contributed by atoms with Gasteiger partial charge in [-0.1, -0.05) is 163 Å². The topological polar surface area (TPSA) is 27.7 Å². The van der Waals surface area contributed by atoms with Crippen molar-refractivity contribution in [2.45, 2.75) is 194 Å². The van der Waals surface area contributed by atoms with E-state index in [9.17, 15) is 0 Å². The first-order valence-electron chi connectivity index (χ1n) is 17.2. The van der Waals surface area contributed by atoms with Crippen LogP contribution in [0.1, 0.15) is 188 Å². The van der Waals surface area contributed by atoms with E-state index >= 15 is 0 Å². The first kappa shape index (κ1) is 37.1. The van der Waals surface area contributed by atoms with Gasteiger partial charge < -0.3 is 13.3 Å². The molecule has 37 heavy (non-hydrogen) atoms. The molecule has 0 fully saturated rings. The summed E-state index contributed by atoms with van der Waals surface area (Å²) in [5.41, 5.74) is 0. The molecular weight excluding hydrogens is 472 g/mol. The molecule has 0 amide bonds. The average molecular weight is 543 g/mol. The second-order valence-corrected chi connectivity index (χ2v) is 14.1. The molecule has 0 heterocycles. The Balaban J connectivity index is 4.78. The summed E-state index contributed by atoms with van der Waals surface area (Å²) in [4.78, 5) is 0. The molecule has 0 radical (unpaired) electrons. The zero-order valence-electron chi connectivity index (χ0n) is 26.2. The fourth-order valence-corrected chi connectivity index (χ4v) is 7.70. The van der Waals surface area contributed by atoms with E-state index in [-0.39, 0.29) is 0 Å². The van der Waals surface area contributed by atoms with E-state index in [0.717, 1.165) is 45.1 Å². The summed E-state index contributed by atoms with van der Waals surface area (Å²) in [5, 5.41) is 0. The van der Waals surface area contributed by atoms with Gasteiger partial charge in [0.25, 0.3) is 0 Å². The van der Waals surface area contributed by atoms with Gasteiger partial charge in [0.05, 0.1) is 0 Å². The van der Waals surface area contributed by atoms with Crippen molar-refractivity contribution in [1.82, 2.24) is 0 Å². The maximum Gasteiger partial charge on any atom is 0.500 e. The van der Waals surface area contributed by atoms with E-state index in [2.05, 4.69) is 27.7 Å². The molecule has 0 rings (SSSR count). The molecule has 0 saturated carbocycles. The number of rotatable bonds is 32. The van der Waals surface area contributed by atoms with Crippen molar-refractivity contribution >= 4 is 8.80 Å². The van der Waals surface area contributed by atoms with Crippen molar-refractivity contribution in [3.05, 3.63) is 0 Å². The summed E-state index contributed by atoms with van der Waals surface area (Å²) in [6.45, 7) is 11.6. The Morgan fingerprint density at radius 3 is 0.838 bits per heavy atom.